The Morgan fingerprint density at radius 2 is 1.71 bits per heavy atom. The molecule has 0 radical (unpaired) electrons. The first-order valence-electron chi connectivity index (χ1n) is 7.86. The van der Waals surface area contributed by atoms with Gasteiger partial charge < -0.3 is 5.11 Å². The average molecular weight is 318 g/mol. The molecule has 2 N–H and O–H groups in total. The largest absolute Gasteiger partial charge is 0.481 e. The van der Waals surface area contributed by atoms with Crippen molar-refractivity contribution in [3.8, 4) is 0 Å². The van der Waals surface area contributed by atoms with E-state index < -0.39 is 22.1 Å². The number of aliphatic carboxylic acids is 1. The van der Waals surface area contributed by atoms with E-state index in [0.717, 1.165) is 18.8 Å². The van der Waals surface area contributed by atoms with Gasteiger partial charge in [-0.25, -0.2) is 4.72 Å². The molecule has 21 heavy (non-hydrogen) atoms. The second-order valence-electron chi connectivity index (χ2n) is 6.49. The quantitative estimate of drug-likeness (QED) is 0.803. The van der Waals surface area contributed by atoms with Crippen LogP contribution in [0.1, 0.15) is 45.4 Å². The predicted molar refractivity (Wildman–Crippen MR) is 80.0 cm³/mol. The summed E-state index contributed by atoms with van der Waals surface area (Å²) in [4.78, 5) is 10.9. The predicted octanol–water partition coefficient (Wildman–Crippen LogP) is 1.44. The maximum absolute atomic E-state index is 12.2. The summed E-state index contributed by atoms with van der Waals surface area (Å²) in [6, 6.07) is 0. The van der Waals surface area contributed by atoms with Crippen molar-refractivity contribution in [3.63, 3.8) is 0 Å². The lowest BCUT2D eigenvalue weighted by Crippen LogP contribution is -2.47. The van der Waals surface area contributed by atoms with Gasteiger partial charge in [0, 0.05) is 19.6 Å². The fourth-order valence-corrected chi connectivity index (χ4v) is 4.51. The van der Waals surface area contributed by atoms with E-state index in [-0.39, 0.29) is 0 Å². The van der Waals surface area contributed by atoms with Crippen LogP contribution in [0.2, 0.25) is 0 Å². The van der Waals surface area contributed by atoms with Crippen LogP contribution in [0.25, 0.3) is 0 Å². The minimum Gasteiger partial charge on any atom is -0.481 e. The first kappa shape index (κ1) is 16.7. The topological polar surface area (TPSA) is 86.7 Å². The molecule has 1 saturated heterocycles. The highest BCUT2D eigenvalue weighted by molar-refractivity contribution is 7.87. The van der Waals surface area contributed by atoms with Crippen molar-refractivity contribution in [3.05, 3.63) is 0 Å². The second kappa shape index (κ2) is 7.07. The van der Waals surface area contributed by atoms with Gasteiger partial charge in [-0.2, -0.15) is 12.7 Å². The molecule has 2 rings (SSSR count). The lowest BCUT2D eigenvalue weighted by molar-refractivity contribution is -0.142. The van der Waals surface area contributed by atoms with E-state index in [1.807, 2.05) is 0 Å². The lowest BCUT2D eigenvalue weighted by atomic mass is 9.83. The maximum Gasteiger partial charge on any atom is 0.306 e. The summed E-state index contributed by atoms with van der Waals surface area (Å²) in [5.74, 6) is -0.0342. The van der Waals surface area contributed by atoms with Crippen molar-refractivity contribution < 1.29 is 18.3 Å². The molecule has 0 aromatic heterocycles. The Hall–Kier alpha value is -0.660. The third-order valence-electron chi connectivity index (χ3n) is 4.83. The molecule has 0 aromatic rings. The zero-order chi connectivity index (χ0) is 15.5. The number of rotatable bonds is 5. The molecular weight excluding hydrogens is 292 g/mol. The Labute approximate surface area is 127 Å². The summed E-state index contributed by atoms with van der Waals surface area (Å²) >= 11 is 0. The number of hydrogen-bond donors (Lipinski definition) is 2. The summed E-state index contributed by atoms with van der Waals surface area (Å²) in [7, 11) is -3.45. The Morgan fingerprint density at radius 3 is 2.24 bits per heavy atom. The van der Waals surface area contributed by atoms with E-state index in [0.29, 0.717) is 38.4 Å². The molecule has 0 spiro atoms. The second-order valence-corrected chi connectivity index (χ2v) is 8.25. The summed E-state index contributed by atoms with van der Waals surface area (Å²) in [5, 5.41) is 8.94. The first-order valence-corrected chi connectivity index (χ1v) is 9.30. The summed E-state index contributed by atoms with van der Waals surface area (Å²) in [6.07, 6.45) is 5.33. The van der Waals surface area contributed by atoms with E-state index in [1.54, 1.807) is 0 Å². The minimum absolute atomic E-state index is 0.300. The summed E-state index contributed by atoms with van der Waals surface area (Å²) in [5.41, 5.74) is 0. The van der Waals surface area contributed by atoms with E-state index in [2.05, 4.69) is 11.6 Å². The summed E-state index contributed by atoms with van der Waals surface area (Å²) < 4.78 is 28.6. The van der Waals surface area contributed by atoms with Gasteiger partial charge in [0.05, 0.1) is 5.92 Å². The molecule has 0 atom stereocenters. The molecule has 1 aliphatic carbocycles. The number of carboxylic acid groups (broad SMARTS) is 1. The van der Waals surface area contributed by atoms with Gasteiger partial charge in [0.25, 0.3) is 10.2 Å². The van der Waals surface area contributed by atoms with Gasteiger partial charge >= 0.3 is 5.97 Å². The fraction of sp³-hybridized carbons (Fsp3) is 0.929. The van der Waals surface area contributed by atoms with Crippen molar-refractivity contribution in [2.24, 2.45) is 17.8 Å². The zero-order valence-corrected chi connectivity index (χ0v) is 13.4. The third kappa shape index (κ3) is 4.66. The van der Waals surface area contributed by atoms with E-state index in [9.17, 15) is 13.2 Å². The highest BCUT2D eigenvalue weighted by atomic mass is 32.2. The molecule has 2 aliphatic rings. The first-order chi connectivity index (χ1) is 9.88. The van der Waals surface area contributed by atoms with Crippen LogP contribution < -0.4 is 4.72 Å². The number of carboxylic acids is 1. The summed E-state index contributed by atoms with van der Waals surface area (Å²) in [6.45, 7) is 3.35. The molecular formula is C14H26N2O4S. The molecule has 0 amide bonds. The van der Waals surface area contributed by atoms with Gasteiger partial charge in [-0.05, 0) is 37.5 Å². The number of piperidine rings is 1. The van der Waals surface area contributed by atoms with Crippen molar-refractivity contribution in [2.45, 2.75) is 45.4 Å². The van der Waals surface area contributed by atoms with Crippen LogP contribution >= 0.6 is 0 Å². The molecule has 2 fully saturated rings. The number of nitrogens with zero attached hydrogens (tertiary/aromatic N) is 1. The smallest absolute Gasteiger partial charge is 0.306 e. The third-order valence-corrected chi connectivity index (χ3v) is 6.41. The highest BCUT2D eigenvalue weighted by Gasteiger charge is 2.31. The molecule has 7 heteroatoms. The van der Waals surface area contributed by atoms with Gasteiger partial charge in [0.15, 0.2) is 0 Å². The zero-order valence-electron chi connectivity index (χ0n) is 12.6. The molecule has 1 aliphatic heterocycles. The Kier molecular flexibility index (Phi) is 5.62. The van der Waals surface area contributed by atoms with Gasteiger partial charge in [-0.3, -0.25) is 4.79 Å². The number of nitrogens with one attached hydrogen (secondary N) is 1. The van der Waals surface area contributed by atoms with Crippen LogP contribution in [-0.2, 0) is 15.0 Å². The normalized spacial score (nSPS) is 29.4. The van der Waals surface area contributed by atoms with Crippen LogP contribution in [0.3, 0.4) is 0 Å². The van der Waals surface area contributed by atoms with E-state index in [4.69, 9.17) is 5.11 Å². The van der Waals surface area contributed by atoms with Crippen LogP contribution in [-0.4, -0.2) is 43.4 Å². The fourth-order valence-electron chi connectivity index (χ4n) is 3.19. The van der Waals surface area contributed by atoms with Crippen molar-refractivity contribution >= 4 is 16.2 Å². The minimum atomic E-state index is -3.45. The Bertz CT molecular complexity index is 450. The van der Waals surface area contributed by atoms with Crippen molar-refractivity contribution in [1.82, 2.24) is 9.03 Å². The van der Waals surface area contributed by atoms with Gasteiger partial charge in [-0.1, -0.05) is 19.8 Å². The standard InChI is InChI=1S/C14H26N2O4S/c1-11-2-4-12(5-3-11)10-15-21(19,20)16-8-6-13(7-9-16)14(17)18/h11-13,15H,2-10H2,1H3,(H,17,18). The van der Waals surface area contributed by atoms with Crippen LogP contribution in [0.5, 0.6) is 0 Å². The molecule has 122 valence electrons. The Balaban J connectivity index is 1.78. The molecule has 6 nitrogen and oxygen atoms in total. The molecule has 1 heterocycles. The SMILES string of the molecule is CC1CCC(CNS(=O)(=O)N2CCC(C(=O)O)CC2)CC1. The highest BCUT2D eigenvalue weighted by Crippen LogP contribution is 2.28. The monoisotopic (exact) mass is 318 g/mol. The van der Waals surface area contributed by atoms with Crippen LogP contribution in [0, 0.1) is 17.8 Å². The molecule has 0 unspecified atom stereocenters. The van der Waals surface area contributed by atoms with Crippen molar-refractivity contribution in [2.75, 3.05) is 19.6 Å². The average Bonchev–Trinajstić information content (AvgIpc) is 2.47. The lowest BCUT2D eigenvalue weighted by Gasteiger charge is -2.31. The van der Waals surface area contributed by atoms with Crippen molar-refractivity contribution in [1.29, 1.82) is 0 Å². The molecule has 1 saturated carbocycles. The van der Waals surface area contributed by atoms with Gasteiger partial charge in [0.2, 0.25) is 0 Å². The maximum atomic E-state index is 12.2. The molecule has 0 aromatic carbocycles. The van der Waals surface area contributed by atoms with Crippen LogP contribution in [0.4, 0.5) is 0 Å². The number of carbonyl (C=O) groups is 1. The molecule has 0 bridgehead atoms. The van der Waals surface area contributed by atoms with E-state index in [1.165, 1.54) is 17.1 Å². The van der Waals surface area contributed by atoms with Crippen LogP contribution in [0.15, 0.2) is 0 Å². The van der Waals surface area contributed by atoms with E-state index >= 15 is 0 Å². The Morgan fingerprint density at radius 1 is 1.14 bits per heavy atom. The number of hydrogen-bond acceptors (Lipinski definition) is 3. The van der Waals surface area contributed by atoms with Gasteiger partial charge in [0.1, 0.15) is 0 Å². The van der Waals surface area contributed by atoms with Gasteiger partial charge in [-0.15, -0.1) is 0 Å².